The van der Waals surface area contributed by atoms with Crippen LogP contribution in [0.25, 0.3) is 0 Å². The first kappa shape index (κ1) is 11.7. The molecule has 0 heterocycles. The Hall–Kier alpha value is -0.263. The molecule has 0 aliphatic heterocycles. The molecule has 0 unspecified atom stereocenters. The summed E-state index contributed by atoms with van der Waals surface area (Å²) in [5.41, 5.74) is 0. The van der Waals surface area contributed by atoms with Gasteiger partial charge in [0.05, 0.1) is 0 Å². The van der Waals surface area contributed by atoms with Gasteiger partial charge in [0.2, 0.25) is 0 Å². The van der Waals surface area contributed by atoms with Gasteiger partial charge < -0.3 is 4.43 Å². The summed E-state index contributed by atoms with van der Waals surface area (Å²) in [5, 5.41) is 0. The van der Waals surface area contributed by atoms with Gasteiger partial charge in [0.15, 0.2) is 8.32 Å². The molecule has 0 bridgehead atoms. The van der Waals surface area contributed by atoms with Crippen molar-refractivity contribution in [3.63, 3.8) is 0 Å². The molecule has 0 aliphatic rings. The number of terminal acetylenes is 1. The average molecular weight is 184 g/mol. The van der Waals surface area contributed by atoms with Gasteiger partial charge in [-0.2, -0.15) is 0 Å². The highest BCUT2D eigenvalue weighted by molar-refractivity contribution is 6.73. The van der Waals surface area contributed by atoms with Crippen molar-refractivity contribution < 1.29 is 4.43 Å². The molecule has 0 aromatic rings. The highest BCUT2D eigenvalue weighted by atomic mass is 28.4. The van der Waals surface area contributed by atoms with Gasteiger partial charge in [-0.25, -0.2) is 0 Å². The van der Waals surface area contributed by atoms with Crippen LogP contribution in [-0.2, 0) is 4.43 Å². The number of hydrogen-bond acceptors (Lipinski definition) is 1. The van der Waals surface area contributed by atoms with Crippen LogP contribution in [0.4, 0.5) is 0 Å². The molecular weight excluding hydrogens is 164 g/mol. The summed E-state index contributed by atoms with van der Waals surface area (Å²) >= 11 is 0. The van der Waals surface area contributed by atoms with Crippen LogP contribution in [0.1, 0.15) is 27.7 Å². The molecule has 0 spiro atoms. The van der Waals surface area contributed by atoms with Crippen LogP contribution in [0.3, 0.4) is 0 Å². The van der Waals surface area contributed by atoms with E-state index in [1.54, 1.807) is 0 Å². The van der Waals surface area contributed by atoms with Crippen LogP contribution in [-0.4, -0.2) is 14.4 Å². The number of rotatable bonds is 5. The van der Waals surface area contributed by atoms with Gasteiger partial charge in [0.1, 0.15) is 6.10 Å². The van der Waals surface area contributed by atoms with Crippen LogP contribution in [0, 0.1) is 12.3 Å². The van der Waals surface area contributed by atoms with Gasteiger partial charge in [-0.15, -0.1) is 6.42 Å². The van der Waals surface area contributed by atoms with E-state index in [0.29, 0.717) is 0 Å². The summed E-state index contributed by atoms with van der Waals surface area (Å²) in [6.45, 7) is 8.59. The van der Waals surface area contributed by atoms with Gasteiger partial charge in [0, 0.05) is 0 Å². The van der Waals surface area contributed by atoms with Crippen LogP contribution in [0.5, 0.6) is 0 Å². The second-order valence-corrected chi connectivity index (χ2v) is 7.89. The molecular formula is C10H20OSi. The van der Waals surface area contributed by atoms with Gasteiger partial charge in [-0.05, 0) is 25.1 Å². The van der Waals surface area contributed by atoms with Crippen molar-refractivity contribution in [3.05, 3.63) is 0 Å². The third kappa shape index (κ3) is 3.00. The SMILES string of the molecule is C#C[C@H](C)O[Si](CC)(CC)CC. The fourth-order valence-electron chi connectivity index (χ4n) is 1.41. The molecule has 0 rings (SSSR count). The van der Waals surface area contributed by atoms with E-state index < -0.39 is 8.32 Å². The third-order valence-corrected chi connectivity index (χ3v) is 7.31. The molecule has 0 aliphatic carbocycles. The van der Waals surface area contributed by atoms with Crippen molar-refractivity contribution in [2.45, 2.75) is 51.9 Å². The van der Waals surface area contributed by atoms with E-state index in [4.69, 9.17) is 10.8 Å². The van der Waals surface area contributed by atoms with E-state index in [2.05, 4.69) is 26.7 Å². The molecule has 0 radical (unpaired) electrons. The minimum Gasteiger partial charge on any atom is -0.404 e. The van der Waals surface area contributed by atoms with Gasteiger partial charge >= 0.3 is 0 Å². The van der Waals surface area contributed by atoms with Crippen molar-refractivity contribution in [1.82, 2.24) is 0 Å². The zero-order valence-corrected chi connectivity index (χ0v) is 9.68. The molecule has 0 saturated heterocycles. The largest absolute Gasteiger partial charge is 0.404 e. The first-order valence-electron chi connectivity index (χ1n) is 4.78. The summed E-state index contributed by atoms with van der Waals surface area (Å²) < 4.78 is 5.94. The fraction of sp³-hybridized carbons (Fsp3) is 0.800. The number of hydrogen-bond donors (Lipinski definition) is 0. The maximum absolute atomic E-state index is 5.94. The second kappa shape index (κ2) is 5.39. The molecule has 2 heteroatoms. The molecule has 0 aromatic carbocycles. The van der Waals surface area contributed by atoms with E-state index in [9.17, 15) is 0 Å². The zero-order chi connectivity index (χ0) is 9.61. The highest BCUT2D eigenvalue weighted by Gasteiger charge is 2.29. The molecule has 0 amide bonds. The van der Waals surface area contributed by atoms with Crippen molar-refractivity contribution in [2.75, 3.05) is 0 Å². The van der Waals surface area contributed by atoms with Gasteiger partial charge in [-0.3, -0.25) is 0 Å². The molecule has 0 aromatic heterocycles. The minimum atomic E-state index is -1.44. The lowest BCUT2D eigenvalue weighted by Gasteiger charge is -2.29. The Bertz CT molecular complexity index is 147. The topological polar surface area (TPSA) is 9.23 Å². The fourth-order valence-corrected chi connectivity index (χ4v) is 4.23. The smallest absolute Gasteiger partial charge is 0.193 e. The normalized spacial score (nSPS) is 13.9. The Morgan fingerprint density at radius 3 is 1.92 bits per heavy atom. The molecule has 12 heavy (non-hydrogen) atoms. The van der Waals surface area contributed by atoms with Gasteiger partial charge in [-0.1, -0.05) is 26.7 Å². The summed E-state index contributed by atoms with van der Waals surface area (Å²) in [6.07, 6.45) is 5.29. The Morgan fingerprint density at radius 2 is 1.67 bits per heavy atom. The van der Waals surface area contributed by atoms with E-state index >= 15 is 0 Å². The summed E-state index contributed by atoms with van der Waals surface area (Å²) in [5.74, 6) is 2.64. The second-order valence-electron chi connectivity index (χ2n) is 3.17. The maximum atomic E-state index is 5.94. The Kier molecular flexibility index (Phi) is 5.28. The van der Waals surface area contributed by atoms with Crippen LogP contribution in [0.2, 0.25) is 18.1 Å². The maximum Gasteiger partial charge on any atom is 0.193 e. The van der Waals surface area contributed by atoms with Crippen molar-refractivity contribution in [2.24, 2.45) is 0 Å². The monoisotopic (exact) mass is 184 g/mol. The summed E-state index contributed by atoms with van der Waals surface area (Å²) in [7, 11) is -1.44. The van der Waals surface area contributed by atoms with Crippen LogP contribution < -0.4 is 0 Å². The lowest BCUT2D eigenvalue weighted by Crippen LogP contribution is -2.38. The standard InChI is InChI=1S/C10H20OSi/c1-6-10(5)11-12(7-2,8-3)9-4/h1,10H,7-9H2,2-5H3/t10-/m0/s1. The average Bonchev–Trinajstić information content (AvgIpc) is 2.14. The van der Waals surface area contributed by atoms with E-state index in [1.165, 1.54) is 18.1 Å². The predicted molar refractivity (Wildman–Crippen MR) is 56.6 cm³/mol. The van der Waals surface area contributed by atoms with Gasteiger partial charge in [0.25, 0.3) is 0 Å². The first-order valence-corrected chi connectivity index (χ1v) is 7.31. The van der Waals surface area contributed by atoms with E-state index in [0.717, 1.165) is 0 Å². The lowest BCUT2D eigenvalue weighted by molar-refractivity contribution is 0.261. The van der Waals surface area contributed by atoms with Crippen molar-refractivity contribution >= 4 is 8.32 Å². The Morgan fingerprint density at radius 1 is 1.25 bits per heavy atom. The zero-order valence-electron chi connectivity index (χ0n) is 8.68. The molecule has 0 fully saturated rings. The quantitative estimate of drug-likeness (QED) is 0.471. The molecule has 0 N–H and O–H groups in total. The molecule has 0 saturated carbocycles. The first-order chi connectivity index (χ1) is 5.64. The molecule has 1 nitrogen and oxygen atoms in total. The third-order valence-electron chi connectivity index (χ3n) is 2.59. The summed E-state index contributed by atoms with van der Waals surface area (Å²) in [6, 6.07) is 3.52. The molecule has 70 valence electrons. The van der Waals surface area contributed by atoms with Crippen molar-refractivity contribution in [3.8, 4) is 12.3 Å². The predicted octanol–water partition coefficient (Wildman–Crippen LogP) is 3.03. The van der Waals surface area contributed by atoms with Crippen LogP contribution >= 0.6 is 0 Å². The van der Waals surface area contributed by atoms with Crippen LogP contribution in [0.15, 0.2) is 0 Å². The summed E-state index contributed by atoms with van der Waals surface area (Å²) in [4.78, 5) is 0. The van der Waals surface area contributed by atoms with Crippen molar-refractivity contribution in [1.29, 1.82) is 0 Å². The lowest BCUT2D eigenvalue weighted by atomic mass is 10.4. The Balaban J connectivity index is 4.22. The van der Waals surface area contributed by atoms with E-state index in [-0.39, 0.29) is 6.10 Å². The van der Waals surface area contributed by atoms with E-state index in [1.807, 2.05) is 6.92 Å². The Labute approximate surface area is 77.6 Å². The molecule has 1 atom stereocenters. The highest BCUT2D eigenvalue weighted by Crippen LogP contribution is 2.22. The minimum absolute atomic E-state index is 0.00323.